The number of aliphatic carboxylic acids is 1. The molecule has 2 N–H and O–H groups in total. The molecule has 0 aromatic carbocycles. The molecule has 3 aliphatic rings. The van der Waals surface area contributed by atoms with E-state index < -0.39 is 22.8 Å². The Morgan fingerprint density at radius 2 is 1.84 bits per heavy atom. The van der Waals surface area contributed by atoms with Crippen LogP contribution in [0.5, 0.6) is 0 Å². The van der Waals surface area contributed by atoms with E-state index in [1.54, 1.807) is 18.7 Å². The minimum atomic E-state index is -1.02. The van der Waals surface area contributed by atoms with Crippen LogP contribution >= 0.6 is 11.8 Å². The van der Waals surface area contributed by atoms with E-state index in [4.69, 9.17) is 0 Å². The van der Waals surface area contributed by atoms with Crippen LogP contribution in [0.1, 0.15) is 33.6 Å². The number of β-lactam (4-membered cyclic amide) rings is 1. The molecule has 138 valence electrons. The second-order valence-electron chi connectivity index (χ2n) is 7.36. The number of carboxylic acids is 1. The van der Waals surface area contributed by atoms with Crippen LogP contribution in [0.3, 0.4) is 0 Å². The summed E-state index contributed by atoms with van der Waals surface area (Å²) >= 11 is 1.42. The van der Waals surface area contributed by atoms with Crippen molar-refractivity contribution in [3.63, 3.8) is 0 Å². The Balaban J connectivity index is 1.60. The van der Waals surface area contributed by atoms with Crippen molar-refractivity contribution in [2.45, 2.75) is 55.8 Å². The summed E-state index contributed by atoms with van der Waals surface area (Å²) in [4.78, 5) is 50.8. The van der Waals surface area contributed by atoms with E-state index in [0.717, 1.165) is 0 Å². The quantitative estimate of drug-likeness (QED) is 0.672. The van der Waals surface area contributed by atoms with Crippen molar-refractivity contribution in [1.82, 2.24) is 15.1 Å². The summed E-state index contributed by atoms with van der Waals surface area (Å²) in [5.41, 5.74) is 0. The Bertz CT molecular complexity index is 629. The van der Waals surface area contributed by atoms with Crippen LogP contribution in [0, 0.1) is 5.92 Å². The number of likely N-dealkylation sites (tertiary alicyclic amines) is 1. The highest BCUT2D eigenvalue weighted by molar-refractivity contribution is 8.01. The molecule has 0 aromatic rings. The number of rotatable bonds is 3. The van der Waals surface area contributed by atoms with Gasteiger partial charge in [0.05, 0.1) is 0 Å². The summed E-state index contributed by atoms with van der Waals surface area (Å²) in [5, 5.41) is 11.9. The Kier molecular flexibility index (Phi) is 4.47. The van der Waals surface area contributed by atoms with Crippen molar-refractivity contribution in [1.29, 1.82) is 0 Å². The van der Waals surface area contributed by atoms with E-state index in [1.165, 1.54) is 23.6 Å². The lowest BCUT2D eigenvalue weighted by atomic mass is 9.93. The van der Waals surface area contributed by atoms with Gasteiger partial charge in [-0.3, -0.25) is 14.4 Å². The first kappa shape index (κ1) is 18.0. The number of hydrogen-bond acceptors (Lipinski definition) is 5. The van der Waals surface area contributed by atoms with E-state index in [0.29, 0.717) is 25.9 Å². The van der Waals surface area contributed by atoms with Gasteiger partial charge in [0, 0.05) is 30.7 Å². The third kappa shape index (κ3) is 2.98. The van der Waals surface area contributed by atoms with Gasteiger partial charge in [-0.1, -0.05) is 0 Å². The molecule has 3 amide bonds. The number of piperidine rings is 1. The third-order valence-corrected chi connectivity index (χ3v) is 6.86. The van der Waals surface area contributed by atoms with Gasteiger partial charge in [0.2, 0.25) is 17.7 Å². The molecule has 25 heavy (non-hydrogen) atoms. The predicted molar refractivity (Wildman–Crippen MR) is 90.6 cm³/mol. The first-order chi connectivity index (χ1) is 11.6. The highest BCUT2D eigenvalue weighted by Crippen LogP contribution is 2.50. The standard InChI is InChI=1S/C16H23N3O5S/c1-8(20)18-6-4-9(5-7-18)12(21)17-10-13(22)19-11(15(23)24)16(2,3)25-14(10)19/h9-11,14H,4-7H2,1-3H3,(H,17,21)(H,23,24)/t10-,11+,14-/m1/s1. The monoisotopic (exact) mass is 369 g/mol. The van der Waals surface area contributed by atoms with E-state index in [-0.39, 0.29) is 29.0 Å². The maximum absolute atomic E-state index is 12.5. The molecule has 3 saturated heterocycles. The predicted octanol–water partition coefficient (Wildman–Crippen LogP) is -0.123. The van der Waals surface area contributed by atoms with Crippen LogP contribution in [0.25, 0.3) is 0 Å². The lowest BCUT2D eigenvalue weighted by molar-refractivity contribution is -0.161. The van der Waals surface area contributed by atoms with Crippen molar-refractivity contribution in [3.05, 3.63) is 0 Å². The molecule has 0 unspecified atom stereocenters. The number of carbonyl (C=O) groups excluding carboxylic acids is 3. The Morgan fingerprint density at radius 1 is 1.24 bits per heavy atom. The lowest BCUT2D eigenvalue weighted by Gasteiger charge is -2.44. The van der Waals surface area contributed by atoms with Gasteiger partial charge in [0.1, 0.15) is 17.5 Å². The summed E-state index contributed by atoms with van der Waals surface area (Å²) in [6.07, 6.45) is 1.16. The topological polar surface area (TPSA) is 107 Å². The van der Waals surface area contributed by atoms with Gasteiger partial charge in [-0.2, -0.15) is 0 Å². The number of nitrogens with zero attached hydrogens (tertiary/aromatic N) is 2. The van der Waals surface area contributed by atoms with Crippen molar-refractivity contribution in [3.8, 4) is 0 Å². The molecule has 0 radical (unpaired) electrons. The normalized spacial score (nSPS) is 31.3. The van der Waals surface area contributed by atoms with Crippen molar-refractivity contribution >= 4 is 35.5 Å². The van der Waals surface area contributed by atoms with Gasteiger partial charge in [-0.15, -0.1) is 11.8 Å². The molecule has 3 aliphatic heterocycles. The second kappa shape index (κ2) is 6.19. The first-order valence-corrected chi connectivity index (χ1v) is 9.30. The number of carbonyl (C=O) groups is 4. The Morgan fingerprint density at radius 3 is 2.36 bits per heavy atom. The van der Waals surface area contributed by atoms with Crippen molar-refractivity contribution in [2.24, 2.45) is 5.92 Å². The fourth-order valence-corrected chi connectivity index (χ4v) is 5.50. The first-order valence-electron chi connectivity index (χ1n) is 8.42. The van der Waals surface area contributed by atoms with Crippen molar-refractivity contribution < 1.29 is 24.3 Å². The van der Waals surface area contributed by atoms with Gasteiger partial charge in [-0.05, 0) is 26.7 Å². The number of thioether (sulfide) groups is 1. The molecule has 9 heteroatoms. The van der Waals surface area contributed by atoms with Gasteiger partial charge in [0.25, 0.3) is 0 Å². The molecule has 8 nitrogen and oxygen atoms in total. The van der Waals surface area contributed by atoms with Gasteiger partial charge in [-0.25, -0.2) is 4.79 Å². The maximum Gasteiger partial charge on any atom is 0.327 e. The Labute approximate surface area is 150 Å². The molecule has 0 saturated carbocycles. The second-order valence-corrected chi connectivity index (χ2v) is 9.14. The summed E-state index contributed by atoms with van der Waals surface area (Å²) < 4.78 is -0.599. The molecule has 0 aromatic heterocycles. The summed E-state index contributed by atoms with van der Waals surface area (Å²) in [5.74, 6) is -1.74. The zero-order valence-corrected chi connectivity index (χ0v) is 15.3. The van der Waals surface area contributed by atoms with E-state index >= 15 is 0 Å². The summed E-state index contributed by atoms with van der Waals surface area (Å²) in [6.45, 7) is 6.21. The minimum absolute atomic E-state index is 0.00738. The molecule has 3 heterocycles. The van der Waals surface area contributed by atoms with Crippen LogP contribution in [0.15, 0.2) is 0 Å². The summed E-state index contributed by atoms with van der Waals surface area (Å²) in [7, 11) is 0. The van der Waals surface area contributed by atoms with E-state index in [9.17, 15) is 24.3 Å². The van der Waals surface area contributed by atoms with Gasteiger partial charge >= 0.3 is 5.97 Å². The van der Waals surface area contributed by atoms with E-state index in [2.05, 4.69) is 5.32 Å². The summed E-state index contributed by atoms with van der Waals surface area (Å²) in [6, 6.07) is -1.53. The molecular weight excluding hydrogens is 346 g/mol. The van der Waals surface area contributed by atoms with E-state index in [1.807, 2.05) is 0 Å². The molecule has 0 spiro atoms. The average molecular weight is 369 g/mol. The molecular formula is C16H23N3O5S. The molecule has 0 aliphatic carbocycles. The number of fused-ring (bicyclic) bond motifs is 1. The van der Waals surface area contributed by atoms with Gasteiger partial charge < -0.3 is 20.2 Å². The van der Waals surface area contributed by atoms with Crippen molar-refractivity contribution in [2.75, 3.05) is 13.1 Å². The number of nitrogens with one attached hydrogen (secondary N) is 1. The maximum atomic E-state index is 12.5. The average Bonchev–Trinajstić information content (AvgIpc) is 2.80. The highest BCUT2D eigenvalue weighted by Gasteiger charge is 2.64. The molecule has 3 fully saturated rings. The molecule has 3 rings (SSSR count). The van der Waals surface area contributed by atoms with Crippen LogP contribution in [-0.2, 0) is 19.2 Å². The third-order valence-electron chi connectivity index (χ3n) is 5.28. The van der Waals surface area contributed by atoms with Crippen LogP contribution < -0.4 is 5.32 Å². The number of amides is 3. The van der Waals surface area contributed by atoms with Crippen LogP contribution in [0.4, 0.5) is 0 Å². The van der Waals surface area contributed by atoms with Gasteiger partial charge in [0.15, 0.2) is 0 Å². The largest absolute Gasteiger partial charge is 0.480 e. The fourth-order valence-electron chi connectivity index (χ4n) is 3.87. The zero-order valence-electron chi connectivity index (χ0n) is 14.5. The SMILES string of the molecule is CC(=O)N1CCC(C(=O)N[C@@H]2C(=O)N3[C@@H]2SC(C)(C)[C@@H]3C(=O)O)CC1. The fraction of sp³-hybridized carbons (Fsp3) is 0.750. The highest BCUT2D eigenvalue weighted by atomic mass is 32.2. The lowest BCUT2D eigenvalue weighted by Crippen LogP contribution is -2.71. The molecule has 3 atom stereocenters. The van der Waals surface area contributed by atoms with Crippen LogP contribution in [-0.4, -0.2) is 73.9 Å². The number of carboxylic acid groups (broad SMARTS) is 1. The molecule has 0 bridgehead atoms. The zero-order chi connectivity index (χ0) is 18.5. The minimum Gasteiger partial charge on any atom is -0.480 e. The van der Waals surface area contributed by atoms with Crippen LogP contribution in [0.2, 0.25) is 0 Å². The Hall–Kier alpha value is -1.77. The number of hydrogen-bond donors (Lipinski definition) is 2. The smallest absolute Gasteiger partial charge is 0.327 e.